The maximum Gasteiger partial charge on any atom is 0.305 e. The number of amides is 1. The summed E-state index contributed by atoms with van der Waals surface area (Å²) in [5.41, 5.74) is 2.19. The zero-order chi connectivity index (χ0) is 18.4. The largest absolute Gasteiger partial charge is 0.481 e. The van der Waals surface area contributed by atoms with E-state index < -0.39 is 11.2 Å². The van der Waals surface area contributed by atoms with Gasteiger partial charge in [0.2, 0.25) is 5.91 Å². The second-order valence-electron chi connectivity index (χ2n) is 6.43. The van der Waals surface area contributed by atoms with Crippen LogP contribution in [-0.2, 0) is 16.1 Å². The first-order chi connectivity index (χ1) is 12.6. The summed E-state index contributed by atoms with van der Waals surface area (Å²) in [6, 6.07) is 8.16. The van der Waals surface area contributed by atoms with Gasteiger partial charge in [0.25, 0.3) is 0 Å². The number of aliphatic carboxylic acids is 1. The van der Waals surface area contributed by atoms with Crippen molar-refractivity contribution in [2.75, 3.05) is 13.1 Å². The number of nitrogens with one attached hydrogen (secondary N) is 1. The van der Waals surface area contributed by atoms with E-state index in [0.29, 0.717) is 5.17 Å². The van der Waals surface area contributed by atoms with Gasteiger partial charge in [-0.25, -0.2) is 0 Å². The van der Waals surface area contributed by atoms with Crippen LogP contribution < -0.4 is 5.32 Å². The summed E-state index contributed by atoms with van der Waals surface area (Å²) in [5, 5.41) is 19.0. The molecule has 2 fully saturated rings. The molecule has 138 valence electrons. The van der Waals surface area contributed by atoms with Gasteiger partial charge < -0.3 is 10.4 Å². The summed E-state index contributed by atoms with van der Waals surface area (Å²) >= 11 is 1.10. The summed E-state index contributed by atoms with van der Waals surface area (Å²) in [6.45, 7) is 3.25. The number of hydrogen-bond donors (Lipinski definition) is 2. The fraction of sp³-hybridized carbons (Fsp3) is 0.444. The molecule has 26 heavy (non-hydrogen) atoms. The van der Waals surface area contributed by atoms with Crippen molar-refractivity contribution in [1.82, 2.24) is 10.2 Å². The van der Waals surface area contributed by atoms with Crippen molar-refractivity contribution in [3.05, 3.63) is 35.4 Å². The molecule has 7 nitrogen and oxygen atoms in total. The number of amidine groups is 1. The SMILES string of the molecule is O=C(O)CC1SC(=NN=Cc2cccc(CN3CCCCC3)c2)NC1=O. The van der Waals surface area contributed by atoms with E-state index in [1.165, 1.54) is 24.8 Å². The normalized spacial score (nSPS) is 22.8. The topological polar surface area (TPSA) is 94.4 Å². The molecule has 1 unspecified atom stereocenters. The molecule has 8 heteroatoms. The van der Waals surface area contributed by atoms with E-state index >= 15 is 0 Å². The summed E-state index contributed by atoms with van der Waals surface area (Å²) in [5.74, 6) is -1.34. The molecule has 3 rings (SSSR count). The fourth-order valence-corrected chi connectivity index (χ4v) is 3.96. The molecule has 0 saturated carbocycles. The number of benzene rings is 1. The lowest BCUT2D eigenvalue weighted by Crippen LogP contribution is -2.29. The van der Waals surface area contributed by atoms with Crippen molar-refractivity contribution in [2.24, 2.45) is 10.2 Å². The van der Waals surface area contributed by atoms with Crippen LogP contribution in [-0.4, -0.2) is 51.6 Å². The van der Waals surface area contributed by atoms with E-state index in [1.54, 1.807) is 6.21 Å². The number of nitrogens with zero attached hydrogens (tertiary/aromatic N) is 3. The molecule has 2 aliphatic rings. The number of carboxylic acids is 1. The Balaban J connectivity index is 1.57. The summed E-state index contributed by atoms with van der Waals surface area (Å²) in [4.78, 5) is 24.8. The zero-order valence-electron chi connectivity index (χ0n) is 14.4. The van der Waals surface area contributed by atoms with Gasteiger partial charge in [0.05, 0.1) is 12.6 Å². The minimum absolute atomic E-state index is 0.224. The molecular formula is C18H22N4O3S. The van der Waals surface area contributed by atoms with Gasteiger partial charge in [0.15, 0.2) is 5.17 Å². The van der Waals surface area contributed by atoms with Gasteiger partial charge in [0, 0.05) is 6.54 Å². The van der Waals surface area contributed by atoms with Crippen molar-refractivity contribution in [3.63, 3.8) is 0 Å². The molecule has 2 heterocycles. The molecule has 2 N–H and O–H groups in total. The number of carbonyl (C=O) groups is 2. The summed E-state index contributed by atoms with van der Waals surface area (Å²) in [6.07, 6.45) is 5.28. The van der Waals surface area contributed by atoms with Gasteiger partial charge in [-0.15, -0.1) is 5.10 Å². The minimum Gasteiger partial charge on any atom is -0.481 e. The van der Waals surface area contributed by atoms with Crippen LogP contribution in [0.2, 0.25) is 0 Å². The smallest absolute Gasteiger partial charge is 0.305 e. The highest BCUT2D eigenvalue weighted by Crippen LogP contribution is 2.22. The molecule has 1 atom stereocenters. The number of thioether (sulfide) groups is 1. The van der Waals surface area contributed by atoms with Crippen LogP contribution in [0, 0.1) is 0 Å². The molecule has 0 bridgehead atoms. The number of likely N-dealkylation sites (tertiary alicyclic amines) is 1. The molecule has 1 aromatic rings. The van der Waals surface area contributed by atoms with Gasteiger partial charge in [0.1, 0.15) is 5.25 Å². The first-order valence-electron chi connectivity index (χ1n) is 8.72. The maximum atomic E-state index is 11.7. The second kappa shape index (κ2) is 8.95. The molecule has 0 aromatic heterocycles. The molecule has 1 aromatic carbocycles. The summed E-state index contributed by atoms with van der Waals surface area (Å²) < 4.78 is 0. The van der Waals surface area contributed by atoms with Crippen molar-refractivity contribution in [1.29, 1.82) is 0 Å². The van der Waals surface area contributed by atoms with Crippen LogP contribution >= 0.6 is 11.8 Å². The Labute approximate surface area is 156 Å². The molecule has 0 aliphatic carbocycles. The molecule has 2 saturated heterocycles. The molecular weight excluding hydrogens is 352 g/mol. The van der Waals surface area contributed by atoms with Crippen molar-refractivity contribution < 1.29 is 14.7 Å². The average molecular weight is 374 g/mol. The number of rotatable bonds is 6. The lowest BCUT2D eigenvalue weighted by atomic mass is 10.1. The Morgan fingerprint density at radius 1 is 1.35 bits per heavy atom. The van der Waals surface area contributed by atoms with Crippen LogP contribution in [0.3, 0.4) is 0 Å². The third kappa shape index (κ3) is 5.40. The first-order valence-corrected chi connectivity index (χ1v) is 9.60. The Bertz CT molecular complexity index is 729. The quantitative estimate of drug-likeness (QED) is 0.587. The Kier molecular flexibility index (Phi) is 6.40. The van der Waals surface area contributed by atoms with Crippen molar-refractivity contribution >= 4 is 35.0 Å². The van der Waals surface area contributed by atoms with Gasteiger partial charge >= 0.3 is 5.97 Å². The number of carbonyl (C=O) groups excluding carboxylic acids is 1. The minimum atomic E-state index is -1.01. The Hall–Kier alpha value is -2.19. The first kappa shape index (κ1) is 18.6. The van der Waals surface area contributed by atoms with Gasteiger partial charge in [-0.3, -0.25) is 14.5 Å². The lowest BCUT2D eigenvalue weighted by Gasteiger charge is -2.26. The molecule has 2 aliphatic heterocycles. The highest BCUT2D eigenvalue weighted by atomic mass is 32.2. The van der Waals surface area contributed by atoms with Gasteiger partial charge in [-0.2, -0.15) is 5.10 Å². The predicted octanol–water partition coefficient (Wildman–Crippen LogP) is 2.07. The average Bonchev–Trinajstić information content (AvgIpc) is 2.95. The molecule has 1 amide bonds. The van der Waals surface area contributed by atoms with E-state index in [-0.39, 0.29) is 12.3 Å². The third-order valence-electron chi connectivity index (χ3n) is 4.30. The number of piperidine rings is 1. The van der Waals surface area contributed by atoms with E-state index in [9.17, 15) is 9.59 Å². The number of hydrogen-bond acceptors (Lipinski definition) is 6. The van der Waals surface area contributed by atoms with Crippen molar-refractivity contribution in [3.8, 4) is 0 Å². The standard InChI is InChI=1S/C18H22N4O3S/c23-16(24)10-15-17(25)20-18(26-15)21-19-11-13-5-4-6-14(9-13)12-22-7-2-1-3-8-22/h4-6,9,11,15H,1-3,7-8,10,12H2,(H,23,24)(H,20,21,25). The highest BCUT2D eigenvalue weighted by Gasteiger charge is 2.32. The van der Waals surface area contributed by atoms with Crippen LogP contribution in [0.5, 0.6) is 0 Å². The lowest BCUT2D eigenvalue weighted by molar-refractivity contribution is -0.138. The Morgan fingerprint density at radius 3 is 2.92 bits per heavy atom. The third-order valence-corrected chi connectivity index (χ3v) is 5.37. The van der Waals surface area contributed by atoms with E-state index in [4.69, 9.17) is 5.11 Å². The molecule has 0 radical (unpaired) electrons. The highest BCUT2D eigenvalue weighted by molar-refractivity contribution is 8.15. The monoisotopic (exact) mass is 374 g/mol. The van der Waals surface area contributed by atoms with Crippen LogP contribution in [0.15, 0.2) is 34.5 Å². The van der Waals surface area contributed by atoms with Crippen molar-refractivity contribution in [2.45, 2.75) is 37.5 Å². The maximum absolute atomic E-state index is 11.7. The number of carboxylic acid groups (broad SMARTS) is 1. The van der Waals surface area contributed by atoms with Crippen LogP contribution in [0.1, 0.15) is 36.8 Å². The van der Waals surface area contributed by atoms with Crippen LogP contribution in [0.4, 0.5) is 0 Å². The zero-order valence-corrected chi connectivity index (χ0v) is 15.2. The van der Waals surface area contributed by atoms with E-state index in [0.717, 1.165) is 37.0 Å². The Morgan fingerprint density at radius 2 is 2.15 bits per heavy atom. The molecule has 0 spiro atoms. The summed E-state index contributed by atoms with van der Waals surface area (Å²) in [7, 11) is 0. The predicted molar refractivity (Wildman–Crippen MR) is 102 cm³/mol. The second-order valence-corrected chi connectivity index (χ2v) is 7.62. The van der Waals surface area contributed by atoms with E-state index in [2.05, 4.69) is 32.6 Å². The van der Waals surface area contributed by atoms with Gasteiger partial charge in [-0.05, 0) is 43.1 Å². The van der Waals surface area contributed by atoms with E-state index in [1.807, 2.05) is 12.1 Å². The van der Waals surface area contributed by atoms with Crippen LogP contribution in [0.25, 0.3) is 0 Å². The fourth-order valence-electron chi connectivity index (χ4n) is 3.04. The van der Waals surface area contributed by atoms with Gasteiger partial charge in [-0.1, -0.05) is 36.4 Å².